The zero-order chi connectivity index (χ0) is 10.4. The van der Waals surface area contributed by atoms with Crippen molar-refractivity contribution in [3.05, 3.63) is 29.6 Å². The van der Waals surface area contributed by atoms with Gasteiger partial charge in [0.1, 0.15) is 0 Å². The molecule has 3 nitrogen and oxygen atoms in total. The number of nitrogens with two attached hydrogens (primary N) is 1. The minimum absolute atomic E-state index is 0.385. The zero-order valence-corrected chi connectivity index (χ0v) is 8.49. The fraction of sp³-hybridized carbons (Fsp3) is 0.455. The summed E-state index contributed by atoms with van der Waals surface area (Å²) >= 11 is 0. The number of nitrogens with zero attached hydrogens (tertiary/aromatic N) is 1. The lowest BCUT2D eigenvalue weighted by atomic mass is 10.0. The van der Waals surface area contributed by atoms with E-state index in [0.29, 0.717) is 5.56 Å². The predicted molar refractivity (Wildman–Crippen MR) is 56.0 cm³/mol. The highest BCUT2D eigenvalue weighted by atomic mass is 16.1. The van der Waals surface area contributed by atoms with Crippen LogP contribution in [0.3, 0.4) is 0 Å². The second kappa shape index (κ2) is 5.37. The minimum atomic E-state index is -0.385. The Hall–Kier alpha value is -1.38. The molecule has 0 aliphatic rings. The summed E-state index contributed by atoms with van der Waals surface area (Å²) in [5.74, 6) is -0.385. The van der Waals surface area contributed by atoms with Gasteiger partial charge in [0.2, 0.25) is 0 Å². The second-order valence-corrected chi connectivity index (χ2v) is 3.35. The van der Waals surface area contributed by atoms with Gasteiger partial charge in [-0.05, 0) is 24.5 Å². The van der Waals surface area contributed by atoms with Gasteiger partial charge in [0.15, 0.2) is 0 Å². The van der Waals surface area contributed by atoms with E-state index < -0.39 is 0 Å². The van der Waals surface area contributed by atoms with E-state index in [4.69, 9.17) is 5.73 Å². The van der Waals surface area contributed by atoms with Crippen LogP contribution in [0.2, 0.25) is 0 Å². The van der Waals surface area contributed by atoms with Crippen molar-refractivity contribution in [2.75, 3.05) is 0 Å². The maximum Gasteiger partial charge on any atom is 0.250 e. The van der Waals surface area contributed by atoms with Crippen LogP contribution in [-0.2, 0) is 6.42 Å². The van der Waals surface area contributed by atoms with Gasteiger partial charge < -0.3 is 5.73 Å². The van der Waals surface area contributed by atoms with Gasteiger partial charge in [0.05, 0.1) is 5.56 Å². The Morgan fingerprint density at radius 3 is 2.93 bits per heavy atom. The first-order valence-electron chi connectivity index (χ1n) is 4.98. The van der Waals surface area contributed by atoms with E-state index in [1.54, 1.807) is 12.4 Å². The van der Waals surface area contributed by atoms with Gasteiger partial charge in [-0.15, -0.1) is 0 Å². The fourth-order valence-electron chi connectivity index (χ4n) is 1.43. The third-order valence-corrected chi connectivity index (χ3v) is 2.23. The van der Waals surface area contributed by atoms with Gasteiger partial charge in [-0.3, -0.25) is 9.78 Å². The Labute approximate surface area is 84.3 Å². The predicted octanol–water partition coefficient (Wildman–Crippen LogP) is 1.91. The van der Waals surface area contributed by atoms with Crippen molar-refractivity contribution >= 4 is 5.91 Å². The molecule has 0 bridgehead atoms. The number of hydrogen-bond donors (Lipinski definition) is 1. The van der Waals surface area contributed by atoms with Crippen molar-refractivity contribution < 1.29 is 4.79 Å². The fourth-order valence-corrected chi connectivity index (χ4v) is 1.43. The topological polar surface area (TPSA) is 56.0 Å². The second-order valence-electron chi connectivity index (χ2n) is 3.35. The molecule has 0 saturated carbocycles. The molecule has 0 fully saturated rings. The molecule has 0 aliphatic heterocycles. The van der Waals surface area contributed by atoms with Crippen LogP contribution in [0.1, 0.15) is 42.1 Å². The number of hydrogen-bond acceptors (Lipinski definition) is 2. The maximum atomic E-state index is 11.0. The molecule has 1 rings (SSSR count). The molecule has 0 aromatic carbocycles. The molecule has 1 amide bonds. The van der Waals surface area contributed by atoms with E-state index in [0.717, 1.165) is 18.4 Å². The number of aromatic nitrogens is 1. The molecule has 76 valence electrons. The monoisotopic (exact) mass is 192 g/mol. The normalized spacial score (nSPS) is 10.1. The van der Waals surface area contributed by atoms with Crippen molar-refractivity contribution in [3.63, 3.8) is 0 Å². The maximum absolute atomic E-state index is 11.0. The minimum Gasteiger partial charge on any atom is -0.366 e. The SMILES string of the molecule is CCCCCc1ccncc1C(N)=O. The third kappa shape index (κ3) is 2.83. The summed E-state index contributed by atoms with van der Waals surface area (Å²) < 4.78 is 0. The van der Waals surface area contributed by atoms with Crippen LogP contribution >= 0.6 is 0 Å². The van der Waals surface area contributed by atoms with Gasteiger partial charge in [-0.1, -0.05) is 19.8 Å². The van der Waals surface area contributed by atoms with E-state index in [9.17, 15) is 4.79 Å². The van der Waals surface area contributed by atoms with Crippen molar-refractivity contribution in [2.45, 2.75) is 32.6 Å². The summed E-state index contributed by atoms with van der Waals surface area (Å²) in [4.78, 5) is 14.9. The van der Waals surface area contributed by atoms with E-state index in [1.807, 2.05) is 6.07 Å². The van der Waals surface area contributed by atoms with Crippen LogP contribution < -0.4 is 5.73 Å². The van der Waals surface area contributed by atoms with Crippen molar-refractivity contribution in [1.29, 1.82) is 0 Å². The Morgan fingerprint density at radius 1 is 1.50 bits per heavy atom. The van der Waals surface area contributed by atoms with Gasteiger partial charge in [0.25, 0.3) is 5.91 Å². The van der Waals surface area contributed by atoms with E-state index in [1.165, 1.54) is 12.8 Å². The number of unbranched alkanes of at least 4 members (excludes halogenated alkanes) is 2. The molecule has 1 aromatic rings. The molecule has 0 atom stereocenters. The van der Waals surface area contributed by atoms with E-state index in [-0.39, 0.29) is 5.91 Å². The van der Waals surface area contributed by atoms with Crippen LogP contribution in [-0.4, -0.2) is 10.9 Å². The molecule has 0 unspecified atom stereocenters. The number of rotatable bonds is 5. The highest BCUT2D eigenvalue weighted by Crippen LogP contribution is 2.10. The van der Waals surface area contributed by atoms with Crippen molar-refractivity contribution in [1.82, 2.24) is 4.98 Å². The number of aryl methyl sites for hydroxylation is 1. The summed E-state index contributed by atoms with van der Waals surface area (Å²) in [6, 6.07) is 1.87. The highest BCUT2D eigenvalue weighted by molar-refractivity contribution is 5.93. The summed E-state index contributed by atoms with van der Waals surface area (Å²) in [6.45, 7) is 2.15. The molecule has 1 heterocycles. The van der Waals surface area contributed by atoms with Crippen LogP contribution in [0.25, 0.3) is 0 Å². The Morgan fingerprint density at radius 2 is 2.29 bits per heavy atom. The lowest BCUT2D eigenvalue weighted by molar-refractivity contribution is 0.0999. The first-order valence-corrected chi connectivity index (χ1v) is 4.98. The number of amides is 1. The van der Waals surface area contributed by atoms with Gasteiger partial charge in [0, 0.05) is 12.4 Å². The Balaban J connectivity index is 2.69. The van der Waals surface area contributed by atoms with Crippen LogP contribution in [0.15, 0.2) is 18.5 Å². The lowest BCUT2D eigenvalue weighted by Crippen LogP contribution is -2.14. The average molecular weight is 192 g/mol. The Bertz CT molecular complexity index is 310. The molecule has 0 aliphatic carbocycles. The average Bonchev–Trinajstić information content (AvgIpc) is 2.19. The number of primary amides is 1. The van der Waals surface area contributed by atoms with Crippen LogP contribution in [0.5, 0.6) is 0 Å². The van der Waals surface area contributed by atoms with E-state index >= 15 is 0 Å². The highest BCUT2D eigenvalue weighted by Gasteiger charge is 2.06. The number of pyridine rings is 1. The molecule has 1 aromatic heterocycles. The van der Waals surface area contributed by atoms with Crippen molar-refractivity contribution in [2.24, 2.45) is 5.73 Å². The zero-order valence-electron chi connectivity index (χ0n) is 8.49. The summed E-state index contributed by atoms with van der Waals surface area (Å²) in [5.41, 5.74) is 6.81. The lowest BCUT2D eigenvalue weighted by Gasteiger charge is -2.04. The molecular formula is C11H16N2O. The standard InChI is InChI=1S/C11H16N2O/c1-2-3-4-5-9-6-7-13-8-10(9)11(12)14/h6-8H,2-5H2,1H3,(H2,12,14). The smallest absolute Gasteiger partial charge is 0.250 e. The quantitative estimate of drug-likeness (QED) is 0.724. The molecule has 14 heavy (non-hydrogen) atoms. The number of carbonyl (C=O) groups is 1. The van der Waals surface area contributed by atoms with Crippen LogP contribution in [0.4, 0.5) is 0 Å². The van der Waals surface area contributed by atoms with Gasteiger partial charge in [-0.25, -0.2) is 0 Å². The summed E-state index contributed by atoms with van der Waals surface area (Å²) in [5, 5.41) is 0. The largest absolute Gasteiger partial charge is 0.366 e. The van der Waals surface area contributed by atoms with Gasteiger partial charge in [-0.2, -0.15) is 0 Å². The molecule has 2 N–H and O–H groups in total. The Kier molecular flexibility index (Phi) is 4.11. The first-order chi connectivity index (χ1) is 6.75. The molecular weight excluding hydrogens is 176 g/mol. The van der Waals surface area contributed by atoms with Crippen LogP contribution in [0, 0.1) is 0 Å². The van der Waals surface area contributed by atoms with E-state index in [2.05, 4.69) is 11.9 Å². The molecule has 3 heteroatoms. The molecule has 0 spiro atoms. The number of carbonyl (C=O) groups excluding carboxylic acids is 1. The molecule has 0 saturated heterocycles. The molecule has 0 radical (unpaired) electrons. The van der Waals surface area contributed by atoms with Crippen molar-refractivity contribution in [3.8, 4) is 0 Å². The summed E-state index contributed by atoms with van der Waals surface area (Å²) in [7, 11) is 0. The first kappa shape index (κ1) is 10.7. The third-order valence-electron chi connectivity index (χ3n) is 2.23. The van der Waals surface area contributed by atoms with Gasteiger partial charge >= 0.3 is 0 Å². The summed E-state index contributed by atoms with van der Waals surface area (Å²) in [6.07, 6.45) is 7.62.